The molecule has 0 spiro atoms. The van der Waals surface area contributed by atoms with Crippen LogP contribution in [0.25, 0.3) is 22.6 Å². The molecule has 1 aromatic carbocycles. The van der Waals surface area contributed by atoms with Gasteiger partial charge in [0, 0.05) is 18.7 Å². The van der Waals surface area contributed by atoms with Crippen LogP contribution in [0.3, 0.4) is 0 Å². The summed E-state index contributed by atoms with van der Waals surface area (Å²) in [6.45, 7) is 4.10. The Morgan fingerprint density at radius 3 is 2.69 bits per heavy atom. The van der Waals surface area contributed by atoms with Gasteiger partial charge in [-0.3, -0.25) is 0 Å². The first-order chi connectivity index (χ1) is 16.8. The van der Waals surface area contributed by atoms with Crippen molar-refractivity contribution in [2.75, 3.05) is 19.1 Å². The number of phenolic OH excluding ortho intramolecular Hbond substituents is 1. The van der Waals surface area contributed by atoms with Crippen LogP contribution in [0.4, 0.5) is 10.2 Å². The molecular formula is C26H31FN6O2. The molecule has 1 N–H and O–H groups in total. The number of phenols is 1. The lowest BCUT2D eigenvalue weighted by Crippen LogP contribution is -2.52. The molecule has 2 fully saturated rings. The third kappa shape index (κ3) is 4.39. The molecule has 2 aliphatic rings. The number of alkyl halides is 1. The van der Waals surface area contributed by atoms with Crippen LogP contribution < -0.4 is 9.64 Å². The molecular weight excluding hydrogens is 447 g/mol. The second kappa shape index (κ2) is 9.02. The van der Waals surface area contributed by atoms with Gasteiger partial charge in [0.2, 0.25) is 0 Å². The first-order valence-electron chi connectivity index (χ1n) is 12.1. The highest BCUT2D eigenvalue weighted by atomic mass is 19.1. The standard InChI is InChI=1S/C26H31FN6O2/c1-15-22(35-4)11-19(30-29-15)16-7-8-18(21(34)10-16)25-28-14-23(31-32-25)33(3)20-13-26(2)9-5-6-17(12-26)24(20)27/h7-8,10-11,14,17,20,24,34H,5-6,9,12-13H2,1-4H3/t17-,20-,24+,26+/m1/s1. The van der Waals surface area contributed by atoms with E-state index >= 15 is 4.39 Å². The van der Waals surface area contributed by atoms with E-state index in [-0.39, 0.29) is 23.1 Å². The second-order valence-electron chi connectivity index (χ2n) is 10.2. The van der Waals surface area contributed by atoms with Crippen LogP contribution in [0.1, 0.15) is 44.7 Å². The van der Waals surface area contributed by atoms with Crippen LogP contribution in [-0.2, 0) is 0 Å². The van der Waals surface area contributed by atoms with E-state index in [1.54, 1.807) is 31.5 Å². The monoisotopic (exact) mass is 478 g/mol. The van der Waals surface area contributed by atoms with Gasteiger partial charge in [-0.05, 0) is 56.1 Å². The van der Waals surface area contributed by atoms with Crippen molar-refractivity contribution in [2.24, 2.45) is 11.3 Å². The van der Waals surface area contributed by atoms with Gasteiger partial charge in [0.15, 0.2) is 11.6 Å². The summed E-state index contributed by atoms with van der Waals surface area (Å²) in [5.74, 6) is 1.57. The zero-order valence-corrected chi connectivity index (χ0v) is 20.6. The van der Waals surface area contributed by atoms with Crippen LogP contribution in [0.2, 0.25) is 0 Å². The Morgan fingerprint density at radius 1 is 1.14 bits per heavy atom. The van der Waals surface area contributed by atoms with Crippen molar-refractivity contribution in [3.8, 4) is 34.1 Å². The summed E-state index contributed by atoms with van der Waals surface area (Å²) in [7, 11) is 3.45. The Hall–Kier alpha value is -3.36. The highest BCUT2D eigenvalue weighted by molar-refractivity contribution is 5.71. The Morgan fingerprint density at radius 2 is 1.97 bits per heavy atom. The first kappa shape index (κ1) is 23.4. The summed E-state index contributed by atoms with van der Waals surface area (Å²) in [5.41, 5.74) is 2.59. The zero-order chi connectivity index (χ0) is 24.7. The van der Waals surface area contributed by atoms with Gasteiger partial charge in [-0.2, -0.15) is 5.10 Å². The van der Waals surface area contributed by atoms with Crippen LogP contribution in [0.5, 0.6) is 11.5 Å². The van der Waals surface area contributed by atoms with Gasteiger partial charge in [-0.1, -0.05) is 19.4 Å². The summed E-state index contributed by atoms with van der Waals surface area (Å²) in [4.78, 5) is 6.32. The van der Waals surface area contributed by atoms with Gasteiger partial charge in [-0.25, -0.2) is 9.37 Å². The van der Waals surface area contributed by atoms with E-state index in [0.717, 1.165) is 32.1 Å². The number of hydrogen-bond acceptors (Lipinski definition) is 8. The molecule has 0 radical (unpaired) electrons. The SMILES string of the molecule is COc1cc(-c2ccc(-c3ncc(N(C)[C@@H]4C[C@@]5(C)CCC[C@H](C5)[C@@H]4F)nn3)c(O)c2)nnc1C. The molecule has 9 heteroatoms. The molecule has 2 saturated carbocycles. The first-order valence-corrected chi connectivity index (χ1v) is 12.1. The number of nitrogens with zero attached hydrogens (tertiary/aromatic N) is 6. The van der Waals surface area contributed by atoms with E-state index in [9.17, 15) is 5.11 Å². The minimum atomic E-state index is -0.880. The number of anilines is 1. The molecule has 0 aliphatic heterocycles. The van der Waals surface area contributed by atoms with Crippen molar-refractivity contribution in [2.45, 2.75) is 58.2 Å². The maximum Gasteiger partial charge on any atom is 0.185 e. The number of halogens is 1. The van der Waals surface area contributed by atoms with Gasteiger partial charge in [0.05, 0.1) is 30.6 Å². The summed E-state index contributed by atoms with van der Waals surface area (Å²) in [5, 5.41) is 27.6. The summed E-state index contributed by atoms with van der Waals surface area (Å²) in [6.07, 6.45) is 5.72. The number of aryl methyl sites for hydroxylation is 1. The fourth-order valence-electron chi connectivity index (χ4n) is 5.75. The highest BCUT2D eigenvalue weighted by Crippen LogP contribution is 2.50. The molecule has 2 bridgehead atoms. The van der Waals surface area contributed by atoms with E-state index < -0.39 is 6.17 Å². The number of aromatic nitrogens is 5. The van der Waals surface area contributed by atoms with Crippen molar-refractivity contribution in [1.29, 1.82) is 0 Å². The molecule has 4 atom stereocenters. The van der Waals surface area contributed by atoms with E-state index in [2.05, 4.69) is 32.3 Å². The third-order valence-corrected chi connectivity index (χ3v) is 7.72. The lowest BCUT2D eigenvalue weighted by atomic mass is 9.60. The van der Waals surface area contributed by atoms with Crippen LogP contribution in [0.15, 0.2) is 30.5 Å². The molecule has 184 valence electrons. The van der Waals surface area contributed by atoms with E-state index in [0.29, 0.717) is 39.9 Å². The highest BCUT2D eigenvalue weighted by Gasteiger charge is 2.47. The van der Waals surface area contributed by atoms with Crippen molar-refractivity contribution in [3.63, 3.8) is 0 Å². The quantitative estimate of drug-likeness (QED) is 0.561. The average molecular weight is 479 g/mol. The van der Waals surface area contributed by atoms with Gasteiger partial charge in [-0.15, -0.1) is 15.3 Å². The minimum Gasteiger partial charge on any atom is -0.507 e. The minimum absolute atomic E-state index is 0.00333. The normalized spacial score (nSPS) is 25.8. The Bertz CT molecular complexity index is 1220. The molecule has 0 unspecified atom stereocenters. The predicted molar refractivity (Wildman–Crippen MR) is 131 cm³/mol. The fraction of sp³-hybridized carbons (Fsp3) is 0.500. The van der Waals surface area contributed by atoms with Gasteiger partial charge < -0.3 is 14.7 Å². The largest absolute Gasteiger partial charge is 0.507 e. The topological polar surface area (TPSA) is 97.2 Å². The number of benzene rings is 1. The molecule has 2 aliphatic carbocycles. The van der Waals surface area contributed by atoms with Crippen molar-refractivity contribution in [1.82, 2.24) is 25.4 Å². The Kier molecular flexibility index (Phi) is 6.02. The van der Waals surface area contributed by atoms with Crippen molar-refractivity contribution >= 4 is 5.82 Å². The lowest BCUT2D eigenvalue weighted by molar-refractivity contribution is 0.0113. The Labute approximate surface area is 204 Å². The van der Waals surface area contributed by atoms with E-state index in [1.807, 2.05) is 24.9 Å². The smallest absolute Gasteiger partial charge is 0.185 e. The zero-order valence-electron chi connectivity index (χ0n) is 20.6. The van der Waals surface area contributed by atoms with Crippen LogP contribution >= 0.6 is 0 Å². The number of hydrogen-bond donors (Lipinski definition) is 1. The van der Waals surface area contributed by atoms with E-state index in [4.69, 9.17) is 4.74 Å². The number of fused-ring (bicyclic) bond motifs is 2. The number of ether oxygens (including phenoxy) is 1. The van der Waals surface area contributed by atoms with Gasteiger partial charge in [0.1, 0.15) is 23.4 Å². The van der Waals surface area contributed by atoms with Crippen molar-refractivity contribution in [3.05, 3.63) is 36.2 Å². The van der Waals surface area contributed by atoms with Crippen molar-refractivity contribution < 1.29 is 14.2 Å². The number of methoxy groups -OCH3 is 1. The van der Waals surface area contributed by atoms with Gasteiger partial charge >= 0.3 is 0 Å². The summed E-state index contributed by atoms with van der Waals surface area (Å²) >= 11 is 0. The number of rotatable bonds is 5. The van der Waals surface area contributed by atoms with Gasteiger partial charge in [0.25, 0.3) is 0 Å². The molecule has 3 aromatic rings. The maximum absolute atomic E-state index is 15.3. The molecule has 5 rings (SSSR count). The van der Waals surface area contributed by atoms with Crippen LogP contribution in [-0.4, -0.2) is 56.9 Å². The summed E-state index contributed by atoms with van der Waals surface area (Å²) < 4.78 is 20.6. The third-order valence-electron chi connectivity index (χ3n) is 7.72. The van der Waals surface area contributed by atoms with Crippen LogP contribution in [0, 0.1) is 18.3 Å². The predicted octanol–water partition coefficient (Wildman–Crippen LogP) is 4.76. The molecule has 2 heterocycles. The number of aromatic hydroxyl groups is 1. The van der Waals surface area contributed by atoms with E-state index in [1.165, 1.54) is 0 Å². The Balaban J connectivity index is 1.36. The fourth-order valence-corrected chi connectivity index (χ4v) is 5.75. The lowest BCUT2D eigenvalue weighted by Gasteiger charge is -2.50. The molecule has 0 saturated heterocycles. The molecule has 0 amide bonds. The molecule has 35 heavy (non-hydrogen) atoms. The summed E-state index contributed by atoms with van der Waals surface area (Å²) in [6, 6.07) is 6.66. The maximum atomic E-state index is 15.3. The average Bonchev–Trinajstić information content (AvgIpc) is 2.86. The molecule has 2 aromatic heterocycles. The second-order valence-corrected chi connectivity index (χ2v) is 10.2. The molecule has 8 nitrogen and oxygen atoms in total.